The number of fused-ring (bicyclic) bond motifs is 1. The van der Waals surface area contributed by atoms with Crippen LogP contribution in [0.2, 0.25) is 0 Å². The average Bonchev–Trinajstić information content (AvgIpc) is 2.82. The molecule has 0 unspecified atom stereocenters. The van der Waals surface area contributed by atoms with Gasteiger partial charge < -0.3 is 4.52 Å². The Bertz CT molecular complexity index is 597. The summed E-state index contributed by atoms with van der Waals surface area (Å²) in [6, 6.07) is 14.5. The first kappa shape index (κ1) is 9.09. The first-order valence-electron chi connectivity index (χ1n) is 5.16. The van der Waals surface area contributed by atoms with Crippen LogP contribution in [0.25, 0.3) is 10.8 Å². The van der Waals surface area contributed by atoms with E-state index in [1.165, 1.54) is 22.7 Å². The third-order valence-corrected chi connectivity index (χ3v) is 2.63. The molecule has 0 aliphatic rings. The third-order valence-electron chi connectivity index (χ3n) is 2.63. The number of nitrogens with zero attached hydrogens (tertiary/aromatic N) is 2. The van der Waals surface area contributed by atoms with Crippen molar-refractivity contribution in [3.8, 4) is 0 Å². The predicted molar refractivity (Wildman–Crippen MR) is 61.1 cm³/mol. The normalized spacial score (nSPS) is 10.8. The number of aromatic nitrogens is 2. The van der Waals surface area contributed by atoms with Crippen LogP contribution in [-0.4, -0.2) is 10.1 Å². The average molecular weight is 210 g/mol. The van der Waals surface area contributed by atoms with E-state index in [1.807, 2.05) is 18.2 Å². The van der Waals surface area contributed by atoms with Gasteiger partial charge in [0.25, 0.3) is 0 Å². The Morgan fingerprint density at radius 3 is 2.75 bits per heavy atom. The van der Waals surface area contributed by atoms with Crippen molar-refractivity contribution < 1.29 is 4.52 Å². The minimum atomic E-state index is 0.649. The Balaban J connectivity index is 2.10. The van der Waals surface area contributed by atoms with Crippen molar-refractivity contribution in [2.24, 2.45) is 0 Å². The second-order valence-electron chi connectivity index (χ2n) is 3.65. The fourth-order valence-electron chi connectivity index (χ4n) is 1.88. The SMILES string of the molecule is c1ccc2c(Cc3ncno3)cccc2c1. The summed E-state index contributed by atoms with van der Waals surface area (Å²) in [6.07, 6.45) is 2.11. The van der Waals surface area contributed by atoms with E-state index >= 15 is 0 Å². The molecule has 16 heavy (non-hydrogen) atoms. The molecule has 3 nitrogen and oxygen atoms in total. The van der Waals surface area contributed by atoms with Crippen LogP contribution in [0, 0.1) is 0 Å². The molecule has 0 saturated carbocycles. The quantitative estimate of drug-likeness (QED) is 0.652. The first-order chi connectivity index (χ1) is 7.93. The predicted octanol–water partition coefficient (Wildman–Crippen LogP) is 2.81. The summed E-state index contributed by atoms with van der Waals surface area (Å²) in [6.45, 7) is 0. The first-order valence-corrected chi connectivity index (χ1v) is 5.16. The molecule has 0 atom stereocenters. The zero-order valence-electron chi connectivity index (χ0n) is 8.63. The highest BCUT2D eigenvalue weighted by Gasteiger charge is 2.04. The summed E-state index contributed by atoms with van der Waals surface area (Å²) in [7, 11) is 0. The van der Waals surface area contributed by atoms with Crippen molar-refractivity contribution in [2.75, 3.05) is 0 Å². The lowest BCUT2D eigenvalue weighted by Gasteiger charge is -2.03. The van der Waals surface area contributed by atoms with Gasteiger partial charge in [-0.25, -0.2) is 0 Å². The van der Waals surface area contributed by atoms with E-state index in [0.29, 0.717) is 12.3 Å². The highest BCUT2D eigenvalue weighted by Crippen LogP contribution is 2.20. The molecule has 0 aliphatic carbocycles. The molecule has 0 amide bonds. The van der Waals surface area contributed by atoms with Gasteiger partial charge in [0.2, 0.25) is 5.89 Å². The van der Waals surface area contributed by atoms with Gasteiger partial charge in [0.15, 0.2) is 6.33 Å². The van der Waals surface area contributed by atoms with E-state index in [2.05, 4.69) is 34.4 Å². The Hall–Kier alpha value is -2.16. The summed E-state index contributed by atoms with van der Waals surface area (Å²) >= 11 is 0. The number of hydrogen-bond acceptors (Lipinski definition) is 3. The van der Waals surface area contributed by atoms with E-state index in [-0.39, 0.29) is 0 Å². The van der Waals surface area contributed by atoms with Crippen molar-refractivity contribution in [3.63, 3.8) is 0 Å². The van der Waals surface area contributed by atoms with E-state index < -0.39 is 0 Å². The van der Waals surface area contributed by atoms with Crippen LogP contribution in [0.3, 0.4) is 0 Å². The summed E-state index contributed by atoms with van der Waals surface area (Å²) in [5.41, 5.74) is 1.21. The van der Waals surface area contributed by atoms with Crippen LogP contribution in [0.4, 0.5) is 0 Å². The van der Waals surface area contributed by atoms with E-state index in [0.717, 1.165) is 0 Å². The molecule has 1 aromatic heterocycles. The molecule has 3 aromatic rings. The van der Waals surface area contributed by atoms with Gasteiger partial charge in [-0.15, -0.1) is 0 Å². The lowest BCUT2D eigenvalue weighted by atomic mass is 10.0. The zero-order valence-corrected chi connectivity index (χ0v) is 8.63. The van der Waals surface area contributed by atoms with E-state index in [1.54, 1.807) is 0 Å². The summed E-state index contributed by atoms with van der Waals surface area (Å²) in [5.74, 6) is 0.649. The van der Waals surface area contributed by atoms with Crippen LogP contribution >= 0.6 is 0 Å². The van der Waals surface area contributed by atoms with Crippen LogP contribution in [0.5, 0.6) is 0 Å². The Morgan fingerprint density at radius 1 is 1.00 bits per heavy atom. The molecule has 0 saturated heterocycles. The zero-order chi connectivity index (χ0) is 10.8. The molecule has 0 aliphatic heterocycles. The standard InChI is InChI=1S/C13H10N2O/c1-2-7-12-10(4-1)5-3-6-11(12)8-13-14-9-15-16-13/h1-7,9H,8H2. The van der Waals surface area contributed by atoms with Crippen LogP contribution in [-0.2, 0) is 6.42 Å². The maximum Gasteiger partial charge on any atom is 0.230 e. The minimum Gasteiger partial charge on any atom is -0.339 e. The number of rotatable bonds is 2. The highest BCUT2D eigenvalue weighted by atomic mass is 16.5. The molecule has 0 radical (unpaired) electrons. The maximum absolute atomic E-state index is 5.03. The Morgan fingerprint density at radius 2 is 1.88 bits per heavy atom. The smallest absolute Gasteiger partial charge is 0.230 e. The van der Waals surface area contributed by atoms with Gasteiger partial charge in [0.1, 0.15) is 0 Å². The fourth-order valence-corrected chi connectivity index (χ4v) is 1.88. The van der Waals surface area contributed by atoms with Gasteiger partial charge in [-0.05, 0) is 16.3 Å². The second-order valence-corrected chi connectivity index (χ2v) is 3.65. The molecule has 3 rings (SSSR count). The summed E-state index contributed by atoms with van der Waals surface area (Å²) < 4.78 is 5.03. The van der Waals surface area contributed by atoms with Crippen molar-refractivity contribution in [1.82, 2.24) is 10.1 Å². The fraction of sp³-hybridized carbons (Fsp3) is 0.0769. The van der Waals surface area contributed by atoms with Gasteiger partial charge in [0, 0.05) is 0 Å². The molecular formula is C13H10N2O. The van der Waals surface area contributed by atoms with Crippen LogP contribution < -0.4 is 0 Å². The molecule has 0 N–H and O–H groups in total. The molecule has 0 bridgehead atoms. The Labute approximate surface area is 92.7 Å². The molecule has 3 heteroatoms. The maximum atomic E-state index is 5.03. The Kier molecular flexibility index (Phi) is 2.14. The number of benzene rings is 2. The monoisotopic (exact) mass is 210 g/mol. The van der Waals surface area contributed by atoms with Gasteiger partial charge in [0.05, 0.1) is 6.42 Å². The van der Waals surface area contributed by atoms with Crippen molar-refractivity contribution in [3.05, 3.63) is 60.2 Å². The lowest BCUT2D eigenvalue weighted by Crippen LogP contribution is -1.89. The van der Waals surface area contributed by atoms with Gasteiger partial charge in [-0.3, -0.25) is 0 Å². The molecule has 2 aromatic carbocycles. The molecule has 0 spiro atoms. The summed E-state index contributed by atoms with van der Waals surface area (Å²) in [5, 5.41) is 6.09. The molecular weight excluding hydrogens is 200 g/mol. The number of hydrogen-bond donors (Lipinski definition) is 0. The lowest BCUT2D eigenvalue weighted by molar-refractivity contribution is 0.384. The topological polar surface area (TPSA) is 38.9 Å². The second kappa shape index (κ2) is 3.77. The van der Waals surface area contributed by atoms with Crippen LogP contribution in [0.15, 0.2) is 53.3 Å². The van der Waals surface area contributed by atoms with Gasteiger partial charge >= 0.3 is 0 Å². The summed E-state index contributed by atoms with van der Waals surface area (Å²) in [4.78, 5) is 4.04. The third kappa shape index (κ3) is 1.56. The molecule has 1 heterocycles. The van der Waals surface area contributed by atoms with Crippen molar-refractivity contribution in [1.29, 1.82) is 0 Å². The van der Waals surface area contributed by atoms with Crippen molar-refractivity contribution >= 4 is 10.8 Å². The van der Waals surface area contributed by atoms with Gasteiger partial charge in [-0.2, -0.15) is 4.98 Å². The van der Waals surface area contributed by atoms with Crippen molar-refractivity contribution in [2.45, 2.75) is 6.42 Å². The van der Waals surface area contributed by atoms with Gasteiger partial charge in [-0.1, -0.05) is 47.6 Å². The highest BCUT2D eigenvalue weighted by molar-refractivity contribution is 5.85. The minimum absolute atomic E-state index is 0.649. The van der Waals surface area contributed by atoms with Crippen LogP contribution in [0.1, 0.15) is 11.5 Å². The van der Waals surface area contributed by atoms with E-state index in [4.69, 9.17) is 4.52 Å². The largest absolute Gasteiger partial charge is 0.339 e. The van der Waals surface area contributed by atoms with E-state index in [9.17, 15) is 0 Å². The molecule has 0 fully saturated rings. The molecule has 78 valence electrons.